The van der Waals surface area contributed by atoms with E-state index < -0.39 is 0 Å². The maximum atomic E-state index is 6.14. The summed E-state index contributed by atoms with van der Waals surface area (Å²) in [5.74, 6) is 2.25. The molecule has 0 aliphatic carbocycles. The highest BCUT2D eigenvalue weighted by atomic mass is 16.3. The molecule has 0 spiro atoms. The number of piperazine rings is 1. The van der Waals surface area contributed by atoms with Crippen LogP contribution in [0.4, 0.5) is 11.8 Å². The van der Waals surface area contributed by atoms with Gasteiger partial charge in [-0.25, -0.2) is 4.98 Å². The molecule has 0 unspecified atom stereocenters. The molecule has 142 valence electrons. The van der Waals surface area contributed by atoms with Crippen LogP contribution < -0.4 is 10.6 Å². The van der Waals surface area contributed by atoms with Crippen molar-refractivity contribution in [3.8, 4) is 11.6 Å². The number of hydrogen-bond donors (Lipinski definition) is 1. The second kappa shape index (κ2) is 6.93. The van der Waals surface area contributed by atoms with Crippen molar-refractivity contribution in [3.05, 3.63) is 54.6 Å². The second-order valence-electron chi connectivity index (χ2n) is 6.77. The lowest BCUT2D eigenvalue weighted by molar-refractivity contribution is 0.249. The van der Waals surface area contributed by atoms with Crippen LogP contribution in [0.5, 0.6) is 0 Å². The van der Waals surface area contributed by atoms with Crippen molar-refractivity contribution in [1.82, 2.24) is 29.5 Å². The first-order valence-electron chi connectivity index (χ1n) is 9.20. The molecule has 1 fully saturated rings. The van der Waals surface area contributed by atoms with Gasteiger partial charge in [0.2, 0.25) is 11.8 Å². The van der Waals surface area contributed by atoms with Crippen molar-refractivity contribution < 1.29 is 4.42 Å². The lowest BCUT2D eigenvalue weighted by Gasteiger charge is -2.35. The van der Waals surface area contributed by atoms with Crippen LogP contribution in [0.15, 0.2) is 53.4 Å². The molecule has 0 atom stereocenters. The van der Waals surface area contributed by atoms with E-state index in [1.165, 1.54) is 5.56 Å². The molecule has 0 bridgehead atoms. The summed E-state index contributed by atoms with van der Waals surface area (Å²) in [7, 11) is 0. The monoisotopic (exact) mass is 376 g/mol. The van der Waals surface area contributed by atoms with E-state index in [1.54, 1.807) is 16.8 Å². The predicted octanol–water partition coefficient (Wildman–Crippen LogP) is 1.68. The molecule has 4 aromatic heterocycles. The Morgan fingerprint density at radius 1 is 1.04 bits per heavy atom. The van der Waals surface area contributed by atoms with Crippen molar-refractivity contribution >= 4 is 17.4 Å². The Kier molecular flexibility index (Phi) is 4.13. The number of furan rings is 1. The molecular weight excluding hydrogens is 356 g/mol. The van der Waals surface area contributed by atoms with Crippen LogP contribution in [-0.2, 0) is 6.54 Å². The molecule has 9 nitrogen and oxygen atoms in total. The summed E-state index contributed by atoms with van der Waals surface area (Å²) in [5.41, 5.74) is 8.07. The van der Waals surface area contributed by atoms with Gasteiger partial charge < -0.3 is 15.1 Å². The Morgan fingerprint density at radius 3 is 2.61 bits per heavy atom. The van der Waals surface area contributed by atoms with E-state index in [-0.39, 0.29) is 0 Å². The summed E-state index contributed by atoms with van der Waals surface area (Å²) in [6.07, 6.45) is 5.27. The summed E-state index contributed by atoms with van der Waals surface area (Å²) in [6, 6.07) is 9.67. The highest BCUT2D eigenvalue weighted by molar-refractivity contribution is 5.59. The molecule has 0 radical (unpaired) electrons. The molecule has 1 aliphatic rings. The molecule has 1 saturated heterocycles. The van der Waals surface area contributed by atoms with Gasteiger partial charge in [0, 0.05) is 51.2 Å². The Labute approximate surface area is 161 Å². The van der Waals surface area contributed by atoms with E-state index in [4.69, 9.17) is 10.2 Å². The Bertz CT molecular complexity index is 1070. The van der Waals surface area contributed by atoms with E-state index >= 15 is 0 Å². The van der Waals surface area contributed by atoms with E-state index in [1.807, 2.05) is 24.5 Å². The van der Waals surface area contributed by atoms with Gasteiger partial charge in [-0.1, -0.05) is 0 Å². The average molecular weight is 376 g/mol. The average Bonchev–Trinajstić information content (AvgIpc) is 3.39. The normalized spacial score (nSPS) is 15.4. The maximum Gasteiger partial charge on any atom is 0.225 e. The summed E-state index contributed by atoms with van der Waals surface area (Å²) < 4.78 is 6.92. The number of nitrogens with two attached hydrogens (primary N) is 1. The van der Waals surface area contributed by atoms with Gasteiger partial charge >= 0.3 is 0 Å². The smallest absolute Gasteiger partial charge is 0.225 e. The van der Waals surface area contributed by atoms with Gasteiger partial charge in [-0.2, -0.15) is 9.50 Å². The van der Waals surface area contributed by atoms with Gasteiger partial charge in [0.1, 0.15) is 5.82 Å². The van der Waals surface area contributed by atoms with Crippen molar-refractivity contribution in [2.75, 3.05) is 36.8 Å². The number of nitrogen functional groups attached to an aromatic ring is 1. The van der Waals surface area contributed by atoms with Gasteiger partial charge in [-0.05, 0) is 29.8 Å². The molecule has 0 saturated carbocycles. The molecular formula is C19H20N8O. The number of nitrogens with zero attached hydrogens (tertiary/aromatic N) is 7. The summed E-state index contributed by atoms with van der Waals surface area (Å²) in [6.45, 7) is 4.61. The van der Waals surface area contributed by atoms with Gasteiger partial charge in [0.25, 0.3) is 0 Å². The summed E-state index contributed by atoms with van der Waals surface area (Å²) in [4.78, 5) is 17.8. The van der Waals surface area contributed by atoms with Crippen LogP contribution in [0, 0.1) is 0 Å². The van der Waals surface area contributed by atoms with E-state index in [2.05, 4.69) is 42.0 Å². The molecule has 5 heterocycles. The quantitative estimate of drug-likeness (QED) is 0.574. The second-order valence-corrected chi connectivity index (χ2v) is 6.77. The van der Waals surface area contributed by atoms with E-state index in [0.29, 0.717) is 23.2 Å². The van der Waals surface area contributed by atoms with Crippen molar-refractivity contribution in [1.29, 1.82) is 0 Å². The maximum absolute atomic E-state index is 6.14. The lowest BCUT2D eigenvalue weighted by Crippen LogP contribution is -2.46. The number of hydrogen-bond acceptors (Lipinski definition) is 8. The third-order valence-corrected chi connectivity index (χ3v) is 4.93. The van der Waals surface area contributed by atoms with Crippen LogP contribution in [0.2, 0.25) is 0 Å². The number of fused-ring (bicyclic) bond motifs is 1. The van der Waals surface area contributed by atoms with E-state index in [0.717, 1.165) is 38.5 Å². The highest BCUT2D eigenvalue weighted by Crippen LogP contribution is 2.22. The molecule has 5 rings (SSSR count). The van der Waals surface area contributed by atoms with Crippen LogP contribution in [0.25, 0.3) is 17.2 Å². The minimum absolute atomic E-state index is 0.317. The zero-order valence-corrected chi connectivity index (χ0v) is 15.3. The highest BCUT2D eigenvalue weighted by Gasteiger charge is 2.20. The number of rotatable bonds is 4. The van der Waals surface area contributed by atoms with Crippen LogP contribution in [0.3, 0.4) is 0 Å². The molecule has 0 aromatic carbocycles. The molecule has 0 amide bonds. The fraction of sp³-hybridized carbons (Fsp3) is 0.263. The van der Waals surface area contributed by atoms with Crippen LogP contribution in [-0.4, -0.2) is 55.6 Å². The molecule has 9 heteroatoms. The van der Waals surface area contributed by atoms with E-state index in [9.17, 15) is 0 Å². The van der Waals surface area contributed by atoms with Crippen molar-refractivity contribution in [2.45, 2.75) is 6.54 Å². The number of pyridine rings is 1. The fourth-order valence-corrected chi connectivity index (χ4v) is 3.45. The third-order valence-electron chi connectivity index (χ3n) is 4.93. The van der Waals surface area contributed by atoms with Gasteiger partial charge in [0.15, 0.2) is 11.4 Å². The fourth-order valence-electron chi connectivity index (χ4n) is 3.45. The largest absolute Gasteiger partial charge is 0.461 e. The number of aromatic nitrogens is 5. The summed E-state index contributed by atoms with van der Waals surface area (Å²) in [5, 5.41) is 4.39. The minimum atomic E-state index is 0.317. The van der Waals surface area contributed by atoms with Crippen molar-refractivity contribution in [3.63, 3.8) is 0 Å². The minimum Gasteiger partial charge on any atom is -0.461 e. The van der Waals surface area contributed by atoms with Crippen molar-refractivity contribution in [2.24, 2.45) is 0 Å². The summed E-state index contributed by atoms with van der Waals surface area (Å²) >= 11 is 0. The standard InChI is InChI=1S/C19H20N8O/c20-19-23-16(12-17-22-18(24-27(17)19)15-2-1-11-28-15)26-9-7-25(8-10-26)13-14-3-5-21-6-4-14/h1-6,11-12H,7-10,13H2,(H2,20,23). The SMILES string of the molecule is Nc1nc(N2CCN(Cc3ccncc3)CC2)cc2nc(-c3ccco3)nn12. The first-order valence-corrected chi connectivity index (χ1v) is 9.20. The number of anilines is 2. The Balaban J connectivity index is 1.32. The lowest BCUT2D eigenvalue weighted by atomic mass is 10.2. The predicted molar refractivity (Wildman–Crippen MR) is 105 cm³/mol. The zero-order chi connectivity index (χ0) is 18.9. The van der Waals surface area contributed by atoms with Gasteiger partial charge in [-0.3, -0.25) is 9.88 Å². The molecule has 1 aliphatic heterocycles. The molecule has 28 heavy (non-hydrogen) atoms. The Morgan fingerprint density at radius 2 is 1.86 bits per heavy atom. The topological polar surface area (TPSA) is 102 Å². The Hall–Kier alpha value is -3.46. The first kappa shape index (κ1) is 16.7. The first-order chi connectivity index (χ1) is 13.8. The molecule has 2 N–H and O–H groups in total. The van der Waals surface area contributed by atoms with Gasteiger partial charge in [-0.15, -0.1) is 5.10 Å². The zero-order valence-electron chi connectivity index (χ0n) is 15.3. The van der Waals surface area contributed by atoms with Crippen LogP contribution in [0.1, 0.15) is 5.56 Å². The van der Waals surface area contributed by atoms with Gasteiger partial charge in [0.05, 0.1) is 6.26 Å². The third kappa shape index (κ3) is 3.16. The molecule has 4 aromatic rings. The van der Waals surface area contributed by atoms with Crippen LogP contribution >= 0.6 is 0 Å².